The second-order valence-corrected chi connectivity index (χ2v) is 9.09. The average molecular weight is 398 g/mol. The van der Waals surface area contributed by atoms with Crippen LogP contribution in [0.25, 0.3) is 16.7 Å². The molecule has 154 valence electrons. The molecule has 0 bridgehead atoms. The van der Waals surface area contributed by atoms with Crippen molar-refractivity contribution in [3.05, 3.63) is 35.3 Å². The van der Waals surface area contributed by atoms with Crippen molar-refractivity contribution in [2.75, 3.05) is 39.8 Å². The quantitative estimate of drug-likeness (QED) is 0.704. The van der Waals surface area contributed by atoms with Gasteiger partial charge in [0.2, 0.25) is 0 Å². The van der Waals surface area contributed by atoms with Crippen LogP contribution in [-0.4, -0.2) is 70.1 Å². The van der Waals surface area contributed by atoms with E-state index in [0.29, 0.717) is 11.0 Å². The predicted octanol–water partition coefficient (Wildman–Crippen LogP) is 1.97. The fourth-order valence-electron chi connectivity index (χ4n) is 5.11. The fraction of sp³-hybridized carbons (Fsp3) is 0.524. The number of hydrogen-bond acceptors (Lipinski definition) is 4. The van der Waals surface area contributed by atoms with Gasteiger partial charge in [-0.3, -0.25) is 9.89 Å². The van der Waals surface area contributed by atoms with E-state index in [1.807, 2.05) is 6.20 Å². The topological polar surface area (TPSA) is 82.7 Å². The number of aromatic nitrogens is 3. The molecule has 0 radical (unpaired) electrons. The average Bonchev–Trinajstić information content (AvgIpc) is 3.20. The molecule has 3 aromatic rings. The number of rotatable bonds is 4. The van der Waals surface area contributed by atoms with Crippen molar-refractivity contribution in [2.45, 2.75) is 25.2 Å². The minimum atomic E-state index is -0.659. The van der Waals surface area contributed by atoms with Gasteiger partial charge in [-0.05, 0) is 45.0 Å². The van der Waals surface area contributed by atoms with Crippen molar-refractivity contribution in [3.63, 3.8) is 0 Å². The molecule has 0 saturated carbocycles. The van der Waals surface area contributed by atoms with Gasteiger partial charge in [-0.1, -0.05) is 6.92 Å². The van der Waals surface area contributed by atoms with E-state index in [1.165, 1.54) is 31.8 Å². The number of H-pyrrole nitrogens is 1. The predicted molar refractivity (Wildman–Crippen MR) is 110 cm³/mol. The van der Waals surface area contributed by atoms with Crippen molar-refractivity contribution in [1.82, 2.24) is 24.4 Å². The monoisotopic (exact) mass is 398 g/mol. The molecule has 4 heterocycles. The van der Waals surface area contributed by atoms with Crippen molar-refractivity contribution in [2.24, 2.45) is 11.7 Å². The maximum atomic E-state index is 14.0. The SMILES string of the molecule is CN1CC(CN2CCC(C)(c3c[nH]n4c3nc3cc(F)cc(C(N)=O)c34)CC2)C1. The number of carbonyl (C=O) groups excluding carboxylic acids is 1. The molecule has 0 aliphatic carbocycles. The Balaban J connectivity index is 1.45. The molecule has 2 saturated heterocycles. The maximum absolute atomic E-state index is 14.0. The zero-order valence-electron chi connectivity index (χ0n) is 16.9. The molecule has 0 atom stereocenters. The summed E-state index contributed by atoms with van der Waals surface area (Å²) in [5, 5.41) is 3.22. The van der Waals surface area contributed by atoms with Gasteiger partial charge in [-0.2, -0.15) is 0 Å². The molecule has 2 aliphatic rings. The van der Waals surface area contributed by atoms with E-state index >= 15 is 0 Å². The number of carbonyl (C=O) groups is 1. The maximum Gasteiger partial charge on any atom is 0.251 e. The Morgan fingerprint density at radius 1 is 1.34 bits per heavy atom. The number of hydrogen-bond donors (Lipinski definition) is 2. The number of fused-ring (bicyclic) bond motifs is 3. The summed E-state index contributed by atoms with van der Waals surface area (Å²) in [7, 11) is 2.17. The minimum absolute atomic E-state index is 0.0129. The lowest BCUT2D eigenvalue weighted by molar-refractivity contribution is 0.0707. The Morgan fingerprint density at radius 2 is 2.07 bits per heavy atom. The van der Waals surface area contributed by atoms with Crippen LogP contribution in [0.5, 0.6) is 0 Å². The van der Waals surface area contributed by atoms with Gasteiger partial charge < -0.3 is 15.5 Å². The van der Waals surface area contributed by atoms with E-state index in [4.69, 9.17) is 5.73 Å². The highest BCUT2D eigenvalue weighted by atomic mass is 19.1. The van der Waals surface area contributed by atoms with Gasteiger partial charge in [-0.25, -0.2) is 13.9 Å². The van der Waals surface area contributed by atoms with Crippen LogP contribution in [0.4, 0.5) is 4.39 Å². The Bertz CT molecular complexity index is 1090. The minimum Gasteiger partial charge on any atom is -0.366 e. The number of nitrogens with zero attached hydrogens (tertiary/aromatic N) is 4. The number of nitrogens with one attached hydrogen (secondary N) is 1. The van der Waals surface area contributed by atoms with Crippen molar-refractivity contribution in [3.8, 4) is 0 Å². The third-order valence-electron chi connectivity index (χ3n) is 6.83. The molecule has 1 aromatic carbocycles. The summed E-state index contributed by atoms with van der Waals surface area (Å²) >= 11 is 0. The zero-order chi connectivity index (χ0) is 20.3. The number of primary amides is 1. The highest BCUT2D eigenvalue weighted by Gasteiger charge is 2.36. The lowest BCUT2D eigenvalue weighted by Gasteiger charge is -2.43. The van der Waals surface area contributed by atoms with Gasteiger partial charge in [-0.15, -0.1) is 0 Å². The molecular weight excluding hydrogens is 371 g/mol. The van der Waals surface area contributed by atoms with Gasteiger partial charge >= 0.3 is 0 Å². The fourth-order valence-corrected chi connectivity index (χ4v) is 5.11. The zero-order valence-corrected chi connectivity index (χ0v) is 16.9. The number of likely N-dealkylation sites (tertiary alicyclic amines) is 2. The molecule has 1 amide bonds. The normalized spacial score (nSPS) is 21.1. The van der Waals surface area contributed by atoms with Crippen LogP contribution in [0.15, 0.2) is 18.3 Å². The number of nitrogens with two attached hydrogens (primary N) is 1. The van der Waals surface area contributed by atoms with Crippen LogP contribution < -0.4 is 5.73 Å². The van der Waals surface area contributed by atoms with E-state index < -0.39 is 11.7 Å². The second kappa shape index (κ2) is 6.53. The van der Waals surface area contributed by atoms with E-state index in [1.54, 1.807) is 4.52 Å². The number of imidazole rings is 1. The summed E-state index contributed by atoms with van der Waals surface area (Å²) in [6.07, 6.45) is 4.07. The molecular formula is C21H27FN6O. The second-order valence-electron chi connectivity index (χ2n) is 9.09. The van der Waals surface area contributed by atoms with Gasteiger partial charge in [0.15, 0.2) is 5.65 Å². The number of aromatic amines is 1. The van der Waals surface area contributed by atoms with Gasteiger partial charge in [0.25, 0.3) is 5.91 Å². The Morgan fingerprint density at radius 3 is 2.72 bits per heavy atom. The largest absolute Gasteiger partial charge is 0.366 e. The first-order valence-corrected chi connectivity index (χ1v) is 10.2. The lowest BCUT2D eigenvalue weighted by Crippen LogP contribution is -2.51. The number of benzene rings is 1. The van der Waals surface area contributed by atoms with E-state index in [2.05, 4.69) is 33.9 Å². The summed E-state index contributed by atoms with van der Waals surface area (Å²) < 4.78 is 15.7. The van der Waals surface area contributed by atoms with Crippen molar-refractivity contribution in [1.29, 1.82) is 0 Å². The summed E-state index contributed by atoms with van der Waals surface area (Å²) in [6, 6.07) is 2.53. The molecule has 0 spiro atoms. The molecule has 3 N–H and O–H groups in total. The molecule has 5 rings (SSSR count). The van der Waals surface area contributed by atoms with Crippen LogP contribution in [0.1, 0.15) is 35.7 Å². The first kappa shape index (κ1) is 18.6. The molecule has 7 nitrogen and oxygen atoms in total. The smallest absolute Gasteiger partial charge is 0.251 e. The van der Waals surface area contributed by atoms with Crippen LogP contribution in [-0.2, 0) is 5.41 Å². The van der Waals surface area contributed by atoms with Crippen LogP contribution in [0.2, 0.25) is 0 Å². The highest BCUT2D eigenvalue weighted by Crippen LogP contribution is 2.38. The molecule has 2 fully saturated rings. The van der Waals surface area contributed by atoms with Gasteiger partial charge in [0, 0.05) is 42.9 Å². The first-order valence-electron chi connectivity index (χ1n) is 10.2. The van der Waals surface area contributed by atoms with E-state index in [0.717, 1.165) is 43.1 Å². The van der Waals surface area contributed by atoms with Crippen LogP contribution in [0, 0.1) is 11.7 Å². The highest BCUT2D eigenvalue weighted by molar-refractivity contribution is 6.05. The first-order chi connectivity index (χ1) is 13.8. The Hall–Kier alpha value is -2.45. The lowest BCUT2D eigenvalue weighted by atomic mass is 9.75. The summed E-state index contributed by atoms with van der Waals surface area (Å²) in [5.41, 5.74) is 8.47. The Kier molecular flexibility index (Phi) is 4.18. The van der Waals surface area contributed by atoms with E-state index in [9.17, 15) is 9.18 Å². The molecule has 8 heteroatoms. The number of halogens is 1. The van der Waals surface area contributed by atoms with Crippen molar-refractivity contribution < 1.29 is 9.18 Å². The summed E-state index contributed by atoms with van der Waals surface area (Å²) in [6.45, 7) is 7.99. The van der Waals surface area contributed by atoms with Gasteiger partial charge in [0.05, 0.1) is 11.1 Å². The molecule has 2 aromatic heterocycles. The Labute approximate surface area is 168 Å². The molecule has 2 aliphatic heterocycles. The third kappa shape index (κ3) is 3.02. The van der Waals surface area contributed by atoms with E-state index in [-0.39, 0.29) is 11.0 Å². The summed E-state index contributed by atoms with van der Waals surface area (Å²) in [5.74, 6) is -0.369. The number of piperidine rings is 1. The standard InChI is InChI=1S/C21H27FN6O/c1-21(3-5-27(6-4-21)12-13-10-26(2)11-13)16-9-24-28-18-15(19(23)29)7-14(22)8-17(18)25-20(16)28/h7-9,13,24H,3-6,10-12H2,1-2H3,(H2,23,29). The van der Waals surface area contributed by atoms with Crippen LogP contribution >= 0.6 is 0 Å². The van der Waals surface area contributed by atoms with Crippen molar-refractivity contribution >= 4 is 22.6 Å². The number of amides is 1. The summed E-state index contributed by atoms with van der Waals surface area (Å²) in [4.78, 5) is 21.4. The van der Waals surface area contributed by atoms with Crippen LogP contribution in [0.3, 0.4) is 0 Å². The third-order valence-corrected chi connectivity index (χ3v) is 6.83. The molecule has 0 unspecified atom stereocenters. The van der Waals surface area contributed by atoms with Gasteiger partial charge in [0.1, 0.15) is 11.3 Å². The molecule has 29 heavy (non-hydrogen) atoms.